The van der Waals surface area contributed by atoms with Crippen molar-refractivity contribution in [1.29, 1.82) is 0 Å². The smallest absolute Gasteiger partial charge is 0.231 e. The standard InChI is InChI=1S/C16H25N3O2/c1-4-13(14(17)19-21)15(20)18-16(2,3)11-10-12-8-6-5-7-9-12/h5-9,13,21H,4,10-11H2,1-3H3,(H2,17,19)(H,18,20). The Balaban J connectivity index is 2.60. The summed E-state index contributed by atoms with van der Waals surface area (Å²) < 4.78 is 0. The lowest BCUT2D eigenvalue weighted by Crippen LogP contribution is -2.49. The predicted octanol–water partition coefficient (Wildman–Crippen LogP) is 2.29. The summed E-state index contributed by atoms with van der Waals surface area (Å²) in [6.07, 6.45) is 2.19. The van der Waals surface area contributed by atoms with Crippen LogP contribution < -0.4 is 11.1 Å². The predicted molar refractivity (Wildman–Crippen MR) is 84.2 cm³/mol. The number of nitrogens with two attached hydrogens (primary N) is 1. The van der Waals surface area contributed by atoms with E-state index < -0.39 is 5.92 Å². The quantitative estimate of drug-likeness (QED) is 0.312. The van der Waals surface area contributed by atoms with Crippen molar-refractivity contribution in [3.63, 3.8) is 0 Å². The fraction of sp³-hybridized carbons (Fsp3) is 0.500. The maximum Gasteiger partial charge on any atom is 0.231 e. The molecule has 0 aromatic heterocycles. The molecule has 0 heterocycles. The van der Waals surface area contributed by atoms with Crippen LogP contribution in [0.4, 0.5) is 0 Å². The van der Waals surface area contributed by atoms with Gasteiger partial charge in [-0.05, 0) is 38.7 Å². The fourth-order valence-corrected chi connectivity index (χ4v) is 2.18. The molecule has 0 saturated carbocycles. The number of amidine groups is 1. The molecule has 1 aromatic rings. The summed E-state index contributed by atoms with van der Waals surface area (Å²) >= 11 is 0. The van der Waals surface area contributed by atoms with Crippen LogP contribution in [0.15, 0.2) is 35.5 Å². The summed E-state index contributed by atoms with van der Waals surface area (Å²) in [7, 11) is 0. The van der Waals surface area contributed by atoms with Gasteiger partial charge in [-0.15, -0.1) is 0 Å². The zero-order chi connectivity index (χ0) is 15.9. The van der Waals surface area contributed by atoms with Crippen LogP contribution in [-0.4, -0.2) is 22.5 Å². The van der Waals surface area contributed by atoms with Gasteiger partial charge in [-0.3, -0.25) is 4.79 Å². The molecule has 0 spiro atoms. The molecule has 21 heavy (non-hydrogen) atoms. The first-order chi connectivity index (χ1) is 9.89. The van der Waals surface area contributed by atoms with Gasteiger partial charge >= 0.3 is 0 Å². The number of carbonyl (C=O) groups is 1. The number of nitrogens with zero attached hydrogens (tertiary/aromatic N) is 1. The molecule has 0 aliphatic heterocycles. The molecule has 0 aliphatic rings. The first kappa shape index (κ1) is 17.0. The molecule has 4 N–H and O–H groups in total. The molecule has 1 rings (SSSR count). The van der Waals surface area contributed by atoms with Gasteiger partial charge in [0.15, 0.2) is 5.84 Å². The van der Waals surface area contributed by atoms with E-state index in [9.17, 15) is 4.79 Å². The Morgan fingerprint density at radius 1 is 1.38 bits per heavy atom. The molecule has 1 aromatic carbocycles. The van der Waals surface area contributed by atoms with E-state index in [0.717, 1.165) is 12.8 Å². The topological polar surface area (TPSA) is 87.7 Å². The monoisotopic (exact) mass is 291 g/mol. The van der Waals surface area contributed by atoms with E-state index in [1.807, 2.05) is 39.0 Å². The third-order valence-electron chi connectivity index (χ3n) is 3.54. The summed E-state index contributed by atoms with van der Waals surface area (Å²) in [4.78, 5) is 12.2. The Hall–Kier alpha value is -2.04. The minimum atomic E-state index is -0.592. The Bertz CT molecular complexity index is 484. The van der Waals surface area contributed by atoms with Gasteiger partial charge < -0.3 is 16.3 Å². The Morgan fingerprint density at radius 2 is 2.00 bits per heavy atom. The van der Waals surface area contributed by atoms with Gasteiger partial charge in [-0.2, -0.15) is 0 Å². The molecular weight excluding hydrogens is 266 g/mol. The summed E-state index contributed by atoms with van der Waals surface area (Å²) in [5.41, 5.74) is 6.44. The minimum absolute atomic E-state index is 0.0474. The molecular formula is C16H25N3O2. The second kappa shape index (κ2) is 7.67. The van der Waals surface area contributed by atoms with Crippen LogP contribution in [0.1, 0.15) is 39.2 Å². The lowest BCUT2D eigenvalue weighted by molar-refractivity contribution is -0.124. The number of carbonyl (C=O) groups excluding carboxylic acids is 1. The Morgan fingerprint density at radius 3 is 2.52 bits per heavy atom. The molecule has 1 unspecified atom stereocenters. The van der Waals surface area contributed by atoms with Gasteiger partial charge in [0.2, 0.25) is 5.91 Å². The van der Waals surface area contributed by atoms with E-state index in [1.165, 1.54) is 5.56 Å². The van der Waals surface area contributed by atoms with Crippen molar-refractivity contribution in [2.45, 2.75) is 45.6 Å². The number of nitrogens with one attached hydrogen (secondary N) is 1. The second-order valence-corrected chi connectivity index (χ2v) is 5.84. The van der Waals surface area contributed by atoms with Crippen molar-refractivity contribution in [3.8, 4) is 0 Å². The van der Waals surface area contributed by atoms with Crippen molar-refractivity contribution in [2.75, 3.05) is 0 Å². The summed E-state index contributed by atoms with van der Waals surface area (Å²) in [5, 5.41) is 14.6. The summed E-state index contributed by atoms with van der Waals surface area (Å²) in [6, 6.07) is 10.1. The first-order valence-electron chi connectivity index (χ1n) is 7.23. The van der Waals surface area contributed by atoms with Crippen LogP contribution in [0, 0.1) is 5.92 Å². The Labute approximate surface area is 126 Å². The van der Waals surface area contributed by atoms with Crippen LogP contribution in [0.25, 0.3) is 0 Å². The van der Waals surface area contributed by atoms with E-state index in [1.54, 1.807) is 0 Å². The van der Waals surface area contributed by atoms with E-state index in [0.29, 0.717) is 6.42 Å². The number of amides is 1. The SMILES string of the molecule is CCC(C(=O)NC(C)(C)CCc1ccccc1)/C(N)=N/O. The van der Waals surface area contributed by atoms with Gasteiger partial charge in [0.25, 0.3) is 0 Å². The lowest BCUT2D eigenvalue weighted by Gasteiger charge is -2.28. The molecule has 0 bridgehead atoms. The zero-order valence-corrected chi connectivity index (χ0v) is 13.0. The number of oxime groups is 1. The number of aryl methyl sites for hydroxylation is 1. The molecule has 1 atom stereocenters. The summed E-state index contributed by atoms with van der Waals surface area (Å²) in [6.45, 7) is 5.79. The molecule has 5 nitrogen and oxygen atoms in total. The van der Waals surface area contributed by atoms with Crippen LogP contribution in [0.5, 0.6) is 0 Å². The average Bonchev–Trinajstić information content (AvgIpc) is 2.46. The van der Waals surface area contributed by atoms with Crippen LogP contribution in [0.3, 0.4) is 0 Å². The number of hydrogen-bond donors (Lipinski definition) is 3. The molecule has 0 radical (unpaired) electrons. The maximum absolute atomic E-state index is 12.2. The number of benzene rings is 1. The van der Waals surface area contributed by atoms with Crippen LogP contribution in [-0.2, 0) is 11.2 Å². The largest absolute Gasteiger partial charge is 0.409 e. The molecule has 0 saturated heterocycles. The van der Waals surface area contributed by atoms with Gasteiger partial charge in [0.1, 0.15) is 0 Å². The molecule has 0 fully saturated rings. The average molecular weight is 291 g/mol. The van der Waals surface area contributed by atoms with Gasteiger partial charge in [0, 0.05) is 5.54 Å². The van der Waals surface area contributed by atoms with Crippen LogP contribution >= 0.6 is 0 Å². The van der Waals surface area contributed by atoms with Gasteiger partial charge in [0.05, 0.1) is 5.92 Å². The highest BCUT2D eigenvalue weighted by Crippen LogP contribution is 2.15. The molecule has 0 aliphatic carbocycles. The van der Waals surface area contributed by atoms with Crippen molar-refractivity contribution in [1.82, 2.24) is 5.32 Å². The first-order valence-corrected chi connectivity index (χ1v) is 7.23. The van der Waals surface area contributed by atoms with Gasteiger partial charge in [-0.1, -0.05) is 42.4 Å². The third-order valence-corrected chi connectivity index (χ3v) is 3.54. The van der Waals surface area contributed by atoms with E-state index >= 15 is 0 Å². The number of rotatable bonds is 7. The number of hydrogen-bond acceptors (Lipinski definition) is 3. The summed E-state index contributed by atoms with van der Waals surface area (Å²) in [5.74, 6) is -0.842. The Kier molecular flexibility index (Phi) is 6.21. The highest BCUT2D eigenvalue weighted by atomic mass is 16.4. The van der Waals surface area contributed by atoms with Crippen molar-refractivity contribution < 1.29 is 10.0 Å². The maximum atomic E-state index is 12.2. The molecule has 116 valence electrons. The molecule has 5 heteroatoms. The van der Waals surface area contributed by atoms with Gasteiger partial charge in [-0.25, -0.2) is 0 Å². The van der Waals surface area contributed by atoms with Crippen molar-refractivity contribution in [3.05, 3.63) is 35.9 Å². The lowest BCUT2D eigenvalue weighted by atomic mass is 9.93. The third kappa shape index (κ3) is 5.45. The fourth-order valence-electron chi connectivity index (χ4n) is 2.18. The second-order valence-electron chi connectivity index (χ2n) is 5.84. The van der Waals surface area contributed by atoms with E-state index in [4.69, 9.17) is 10.9 Å². The highest BCUT2D eigenvalue weighted by Gasteiger charge is 2.27. The van der Waals surface area contributed by atoms with Crippen molar-refractivity contribution >= 4 is 11.7 Å². The minimum Gasteiger partial charge on any atom is -0.409 e. The van der Waals surface area contributed by atoms with E-state index in [-0.39, 0.29) is 17.3 Å². The zero-order valence-electron chi connectivity index (χ0n) is 13.0. The highest BCUT2D eigenvalue weighted by molar-refractivity contribution is 6.02. The normalized spacial score (nSPS) is 13.8. The van der Waals surface area contributed by atoms with Crippen LogP contribution in [0.2, 0.25) is 0 Å². The van der Waals surface area contributed by atoms with E-state index in [2.05, 4.69) is 22.6 Å². The molecule has 1 amide bonds. The van der Waals surface area contributed by atoms with Crippen molar-refractivity contribution in [2.24, 2.45) is 16.8 Å².